The van der Waals surface area contributed by atoms with E-state index in [-0.39, 0.29) is 12.2 Å². The highest BCUT2D eigenvalue weighted by molar-refractivity contribution is 6.11. The lowest BCUT2D eigenvalue weighted by Gasteiger charge is -2.13. The van der Waals surface area contributed by atoms with Crippen LogP contribution in [0.3, 0.4) is 0 Å². The number of carbonyl (C=O) groups excluding carboxylic acids is 2. The number of para-hydroxylation sites is 1. The molecular formula is C23H25NO5. The molecule has 0 bridgehead atoms. The molecule has 0 aliphatic heterocycles. The van der Waals surface area contributed by atoms with Crippen molar-refractivity contribution in [1.29, 1.82) is 0 Å². The van der Waals surface area contributed by atoms with Crippen LogP contribution in [-0.2, 0) is 16.0 Å². The maximum Gasteiger partial charge on any atom is 0.306 e. The second-order valence-electron chi connectivity index (χ2n) is 6.89. The maximum absolute atomic E-state index is 12.9. The van der Waals surface area contributed by atoms with Crippen molar-refractivity contribution in [2.24, 2.45) is 0 Å². The first-order valence-electron chi connectivity index (χ1n) is 9.46. The molecule has 29 heavy (non-hydrogen) atoms. The first-order valence-corrected chi connectivity index (χ1v) is 9.46. The quantitative estimate of drug-likeness (QED) is 0.456. The number of ether oxygens (including phenoxy) is 3. The van der Waals surface area contributed by atoms with E-state index < -0.39 is 12.1 Å². The van der Waals surface area contributed by atoms with E-state index in [0.717, 1.165) is 22.2 Å². The van der Waals surface area contributed by atoms with Gasteiger partial charge in [-0.1, -0.05) is 18.2 Å². The third-order valence-corrected chi connectivity index (χ3v) is 4.85. The minimum Gasteiger partial charge on any atom is -0.497 e. The van der Waals surface area contributed by atoms with Crippen molar-refractivity contribution in [3.05, 3.63) is 59.3 Å². The summed E-state index contributed by atoms with van der Waals surface area (Å²) < 4.78 is 15.9. The Labute approximate surface area is 169 Å². The fraction of sp³-hybridized carbons (Fsp3) is 0.304. The van der Waals surface area contributed by atoms with Gasteiger partial charge < -0.3 is 19.2 Å². The van der Waals surface area contributed by atoms with E-state index in [1.807, 2.05) is 43.3 Å². The van der Waals surface area contributed by atoms with Gasteiger partial charge in [-0.2, -0.15) is 0 Å². The van der Waals surface area contributed by atoms with E-state index in [9.17, 15) is 9.59 Å². The average Bonchev–Trinajstić information content (AvgIpc) is 3.06. The predicted molar refractivity (Wildman–Crippen MR) is 111 cm³/mol. The molecule has 3 aromatic rings. The summed E-state index contributed by atoms with van der Waals surface area (Å²) in [6.45, 7) is 3.45. The average molecular weight is 395 g/mol. The number of fused-ring (bicyclic) bond motifs is 1. The minimum atomic E-state index is -0.861. The van der Waals surface area contributed by atoms with Gasteiger partial charge >= 0.3 is 5.97 Å². The number of hydrogen-bond acceptors (Lipinski definition) is 5. The number of aromatic amines is 1. The van der Waals surface area contributed by atoms with Crippen LogP contribution in [0.15, 0.2) is 42.5 Å². The highest BCUT2D eigenvalue weighted by Crippen LogP contribution is 2.25. The Balaban J connectivity index is 1.64. The first kappa shape index (κ1) is 20.5. The summed E-state index contributed by atoms with van der Waals surface area (Å²) in [5.41, 5.74) is 3.12. The fourth-order valence-corrected chi connectivity index (χ4v) is 3.36. The number of hydrogen-bond donors (Lipinski definition) is 1. The van der Waals surface area contributed by atoms with Crippen molar-refractivity contribution in [1.82, 2.24) is 4.98 Å². The molecule has 1 atom stereocenters. The summed E-state index contributed by atoms with van der Waals surface area (Å²) in [5, 5.41) is 0.835. The number of Topliss-reactive ketones (excluding diaryl/α,β-unsaturated/α-hetero) is 1. The zero-order valence-corrected chi connectivity index (χ0v) is 17.1. The monoisotopic (exact) mass is 395 g/mol. The Morgan fingerprint density at radius 3 is 2.34 bits per heavy atom. The second kappa shape index (κ2) is 8.82. The number of aromatic nitrogens is 1. The molecule has 0 aliphatic carbocycles. The fourth-order valence-electron chi connectivity index (χ4n) is 3.36. The molecule has 0 saturated carbocycles. The van der Waals surface area contributed by atoms with Gasteiger partial charge in [0.15, 0.2) is 6.10 Å². The van der Waals surface area contributed by atoms with Gasteiger partial charge in [-0.05, 0) is 44.0 Å². The summed E-state index contributed by atoms with van der Waals surface area (Å²) in [5.74, 6) is 0.679. The molecule has 0 fully saturated rings. The van der Waals surface area contributed by atoms with E-state index >= 15 is 0 Å². The van der Waals surface area contributed by atoms with Gasteiger partial charge in [0.25, 0.3) is 0 Å². The Morgan fingerprint density at radius 1 is 1.03 bits per heavy atom. The minimum absolute atomic E-state index is 0.154. The van der Waals surface area contributed by atoms with Crippen molar-refractivity contribution in [2.45, 2.75) is 32.8 Å². The summed E-state index contributed by atoms with van der Waals surface area (Å²) in [6.07, 6.45) is -0.250. The summed E-state index contributed by atoms with van der Waals surface area (Å²) in [7, 11) is 3.15. The number of ketones is 1. The second-order valence-corrected chi connectivity index (χ2v) is 6.89. The van der Waals surface area contributed by atoms with Crippen molar-refractivity contribution in [2.75, 3.05) is 14.2 Å². The van der Waals surface area contributed by atoms with Gasteiger partial charge in [0, 0.05) is 34.6 Å². The van der Waals surface area contributed by atoms with Gasteiger partial charge in [0.1, 0.15) is 11.5 Å². The molecule has 6 nitrogen and oxygen atoms in total. The molecule has 1 N–H and O–H groups in total. The van der Waals surface area contributed by atoms with E-state index in [1.165, 1.54) is 0 Å². The van der Waals surface area contributed by atoms with Crippen molar-refractivity contribution in [3.63, 3.8) is 0 Å². The van der Waals surface area contributed by atoms with Crippen LogP contribution < -0.4 is 9.47 Å². The molecule has 0 saturated heterocycles. The Bertz CT molecular complexity index is 1010. The van der Waals surface area contributed by atoms with Gasteiger partial charge in [-0.25, -0.2) is 0 Å². The van der Waals surface area contributed by atoms with Crippen molar-refractivity contribution >= 4 is 22.7 Å². The Kier molecular flexibility index (Phi) is 6.22. The van der Waals surface area contributed by atoms with E-state index in [0.29, 0.717) is 23.5 Å². The number of rotatable bonds is 8. The van der Waals surface area contributed by atoms with Crippen LogP contribution in [0.5, 0.6) is 11.5 Å². The third kappa shape index (κ3) is 4.59. The zero-order chi connectivity index (χ0) is 21.0. The smallest absolute Gasteiger partial charge is 0.306 e. The molecule has 0 spiro atoms. The number of nitrogens with one attached hydrogen (secondary N) is 1. The molecule has 6 heteroatoms. The lowest BCUT2D eigenvalue weighted by atomic mass is 10.0. The lowest BCUT2D eigenvalue weighted by molar-refractivity contribution is -0.146. The van der Waals surface area contributed by atoms with Gasteiger partial charge in [0.05, 0.1) is 14.2 Å². The molecule has 0 aliphatic rings. The summed E-state index contributed by atoms with van der Waals surface area (Å²) >= 11 is 0. The topological polar surface area (TPSA) is 77.6 Å². The number of aryl methyl sites for hydroxylation is 2. The van der Waals surface area contributed by atoms with Crippen molar-refractivity contribution < 1.29 is 23.8 Å². The van der Waals surface area contributed by atoms with Gasteiger partial charge in [0.2, 0.25) is 5.78 Å². The van der Waals surface area contributed by atoms with Crippen LogP contribution in [-0.4, -0.2) is 37.1 Å². The van der Waals surface area contributed by atoms with Gasteiger partial charge in [-0.3, -0.25) is 9.59 Å². The molecule has 1 heterocycles. The summed E-state index contributed by atoms with van der Waals surface area (Å²) in [6, 6.07) is 13.1. The predicted octanol–water partition coefficient (Wildman–Crippen LogP) is 4.24. The largest absolute Gasteiger partial charge is 0.497 e. The van der Waals surface area contributed by atoms with E-state index in [1.54, 1.807) is 27.2 Å². The van der Waals surface area contributed by atoms with Crippen molar-refractivity contribution in [3.8, 4) is 11.5 Å². The Hall–Kier alpha value is -3.28. The van der Waals surface area contributed by atoms with Gasteiger partial charge in [-0.15, -0.1) is 0 Å². The standard InChI is InChI=1S/C23H25NO5/c1-14-22(19-7-5-6-8-20(19)24-14)23(26)15(2)29-21(25)10-9-16-11-17(27-3)13-18(12-16)28-4/h5-8,11-13,15,24H,9-10H2,1-4H3. The highest BCUT2D eigenvalue weighted by Gasteiger charge is 2.24. The molecule has 0 radical (unpaired) electrons. The molecule has 152 valence electrons. The molecular weight excluding hydrogens is 370 g/mol. The van der Waals surface area contributed by atoms with Crippen LogP contribution in [0.2, 0.25) is 0 Å². The molecule has 1 aromatic heterocycles. The van der Waals surface area contributed by atoms with Crippen LogP contribution in [0, 0.1) is 6.92 Å². The lowest BCUT2D eigenvalue weighted by Crippen LogP contribution is -2.25. The SMILES string of the molecule is COc1cc(CCC(=O)OC(C)C(=O)c2c(C)[nH]c3ccccc23)cc(OC)c1. The number of carbonyl (C=O) groups is 2. The Morgan fingerprint density at radius 2 is 1.69 bits per heavy atom. The molecule has 1 unspecified atom stereocenters. The number of esters is 1. The van der Waals surface area contributed by atoms with Crippen LogP contribution in [0.25, 0.3) is 10.9 Å². The molecule has 0 amide bonds. The van der Waals surface area contributed by atoms with Crippen LogP contribution in [0.1, 0.15) is 35.0 Å². The first-order chi connectivity index (χ1) is 13.9. The van der Waals surface area contributed by atoms with E-state index in [2.05, 4.69) is 4.98 Å². The molecule has 3 rings (SSSR count). The third-order valence-electron chi connectivity index (χ3n) is 4.85. The maximum atomic E-state index is 12.9. The number of H-pyrrole nitrogens is 1. The van der Waals surface area contributed by atoms with E-state index in [4.69, 9.17) is 14.2 Å². The number of benzene rings is 2. The van der Waals surface area contributed by atoms with Crippen LogP contribution >= 0.6 is 0 Å². The van der Waals surface area contributed by atoms with Crippen LogP contribution in [0.4, 0.5) is 0 Å². The zero-order valence-electron chi connectivity index (χ0n) is 17.1. The molecule has 2 aromatic carbocycles. The number of methoxy groups -OCH3 is 2. The summed E-state index contributed by atoms with van der Waals surface area (Å²) in [4.78, 5) is 28.4. The normalized spacial score (nSPS) is 11.9. The highest BCUT2D eigenvalue weighted by atomic mass is 16.5.